The number of esters is 1. The van der Waals surface area contributed by atoms with Crippen molar-refractivity contribution in [2.24, 2.45) is 0 Å². The molecule has 2 aromatic carbocycles. The van der Waals surface area contributed by atoms with Crippen LogP contribution in [0.25, 0.3) is 11.0 Å². The van der Waals surface area contributed by atoms with Crippen molar-refractivity contribution < 1.29 is 38.1 Å². The predicted molar refractivity (Wildman–Crippen MR) is 121 cm³/mol. The van der Waals surface area contributed by atoms with Crippen molar-refractivity contribution in [3.05, 3.63) is 71.2 Å². The molecule has 0 bridgehead atoms. The number of carbonyl (C=O) groups excluding carboxylic acids is 3. The molecule has 0 aliphatic carbocycles. The number of ether oxygens (including phenoxy) is 3. The van der Waals surface area contributed by atoms with E-state index >= 15 is 0 Å². The van der Waals surface area contributed by atoms with E-state index in [9.17, 15) is 19.5 Å². The zero-order valence-corrected chi connectivity index (χ0v) is 18.9. The van der Waals surface area contributed by atoms with Gasteiger partial charge >= 0.3 is 5.97 Å². The second-order valence-electron chi connectivity index (χ2n) is 7.64. The number of aliphatic hydroxyl groups is 1. The Balaban J connectivity index is 1.77. The summed E-state index contributed by atoms with van der Waals surface area (Å²) < 4.78 is 21.3. The quantitative estimate of drug-likeness (QED) is 0.305. The van der Waals surface area contributed by atoms with Crippen LogP contribution in [-0.2, 0) is 14.3 Å². The Labute approximate surface area is 195 Å². The third kappa shape index (κ3) is 4.13. The minimum absolute atomic E-state index is 0.0380. The molecular weight excluding hydrogens is 442 g/mol. The lowest BCUT2D eigenvalue weighted by Gasteiger charge is -2.26. The first kappa shape index (κ1) is 23.1. The Morgan fingerprint density at radius 2 is 1.85 bits per heavy atom. The van der Waals surface area contributed by atoms with Gasteiger partial charge in [-0.1, -0.05) is 24.3 Å². The fourth-order valence-corrected chi connectivity index (χ4v) is 3.98. The highest BCUT2D eigenvalue weighted by Gasteiger charge is 2.44. The smallest absolute Gasteiger partial charge is 0.308 e. The van der Waals surface area contributed by atoms with Crippen LogP contribution >= 0.6 is 0 Å². The van der Waals surface area contributed by atoms with Crippen molar-refractivity contribution in [3.63, 3.8) is 0 Å². The highest BCUT2D eigenvalue weighted by Crippen LogP contribution is 2.40. The first-order valence-electron chi connectivity index (χ1n) is 10.5. The van der Waals surface area contributed by atoms with Crippen LogP contribution in [0.1, 0.15) is 29.1 Å². The van der Waals surface area contributed by atoms with Crippen molar-refractivity contribution in [2.45, 2.75) is 13.0 Å². The molecule has 0 fully saturated rings. The third-order valence-electron chi connectivity index (χ3n) is 5.49. The Morgan fingerprint density at radius 1 is 1.12 bits per heavy atom. The Bertz CT molecular complexity index is 1290. The largest absolute Gasteiger partial charge is 0.503 e. The highest BCUT2D eigenvalue weighted by atomic mass is 16.5. The van der Waals surface area contributed by atoms with Crippen molar-refractivity contribution in [1.29, 1.82) is 0 Å². The molecule has 0 saturated heterocycles. The molecule has 1 aliphatic heterocycles. The summed E-state index contributed by atoms with van der Waals surface area (Å²) >= 11 is 0. The number of nitrogens with zero attached hydrogens (tertiary/aromatic N) is 1. The standard InChI is InChI=1S/C25H23NO8/c1-14(27)33-17-9-7-15(8-10-17)21-20(23(29)25(30)26(21)11-12-31-2)22(28)19-13-16-5-4-6-18(32-3)24(16)34-19/h4-10,13,21,29H,11-12H2,1-3H3. The third-order valence-corrected chi connectivity index (χ3v) is 5.49. The highest BCUT2D eigenvalue weighted by molar-refractivity contribution is 6.16. The molecule has 1 aliphatic rings. The van der Waals surface area contributed by atoms with Crippen molar-refractivity contribution >= 4 is 28.6 Å². The van der Waals surface area contributed by atoms with Gasteiger partial charge in [0.05, 0.1) is 25.3 Å². The van der Waals surface area contributed by atoms with Crippen LogP contribution < -0.4 is 9.47 Å². The number of Topliss-reactive ketones (excluding diaryl/α,β-unsaturated/α-hetero) is 1. The summed E-state index contributed by atoms with van der Waals surface area (Å²) in [5, 5.41) is 11.4. The van der Waals surface area contributed by atoms with E-state index in [1.54, 1.807) is 48.5 Å². The first-order chi connectivity index (χ1) is 16.3. The molecule has 1 unspecified atom stereocenters. The summed E-state index contributed by atoms with van der Waals surface area (Å²) in [5.41, 5.74) is 0.817. The number of hydrogen-bond donors (Lipinski definition) is 1. The molecule has 1 aromatic heterocycles. The van der Waals surface area contributed by atoms with E-state index in [0.29, 0.717) is 28.0 Å². The summed E-state index contributed by atoms with van der Waals surface area (Å²) in [6.45, 7) is 1.63. The first-order valence-corrected chi connectivity index (χ1v) is 10.5. The zero-order valence-electron chi connectivity index (χ0n) is 18.9. The number of benzene rings is 2. The van der Waals surface area contributed by atoms with Crippen LogP contribution in [0.2, 0.25) is 0 Å². The van der Waals surface area contributed by atoms with E-state index in [4.69, 9.17) is 18.6 Å². The molecule has 4 rings (SSSR count). The van der Waals surface area contributed by atoms with E-state index < -0.39 is 29.5 Å². The maximum absolute atomic E-state index is 13.6. The number of carbonyl (C=O) groups is 3. The number of methoxy groups -OCH3 is 2. The Hall–Kier alpha value is -4.11. The van der Waals surface area contributed by atoms with Gasteiger partial charge in [-0.2, -0.15) is 0 Å². The molecule has 0 spiro atoms. The van der Waals surface area contributed by atoms with Gasteiger partial charge in [0, 0.05) is 26.0 Å². The summed E-state index contributed by atoms with van der Waals surface area (Å²) in [4.78, 5) is 39.1. The monoisotopic (exact) mass is 465 g/mol. The van der Waals surface area contributed by atoms with E-state index in [-0.39, 0.29) is 24.5 Å². The van der Waals surface area contributed by atoms with Gasteiger partial charge in [-0.3, -0.25) is 14.4 Å². The number of rotatable bonds is 8. The van der Waals surface area contributed by atoms with Crippen molar-refractivity contribution in [2.75, 3.05) is 27.4 Å². The molecule has 1 atom stereocenters. The van der Waals surface area contributed by atoms with Crippen LogP contribution in [0.5, 0.6) is 11.5 Å². The van der Waals surface area contributed by atoms with Gasteiger partial charge in [0.1, 0.15) is 5.75 Å². The molecule has 176 valence electrons. The lowest BCUT2D eigenvalue weighted by molar-refractivity contribution is -0.132. The predicted octanol–water partition coefficient (Wildman–Crippen LogP) is 3.59. The minimum atomic E-state index is -0.892. The van der Waals surface area contributed by atoms with E-state index in [1.165, 1.54) is 26.0 Å². The number of aliphatic hydroxyl groups excluding tert-OH is 1. The van der Waals surface area contributed by atoms with Crippen LogP contribution in [0.3, 0.4) is 0 Å². The molecule has 0 radical (unpaired) electrons. The molecule has 1 N–H and O–H groups in total. The average molecular weight is 465 g/mol. The van der Waals surface area contributed by atoms with E-state index in [2.05, 4.69) is 0 Å². The molecule has 0 saturated carbocycles. The SMILES string of the molecule is COCCN1C(=O)C(O)=C(C(=O)c2cc3cccc(OC)c3o2)C1c1ccc(OC(C)=O)cc1. The number of fused-ring (bicyclic) bond motifs is 1. The van der Waals surface area contributed by atoms with Crippen LogP contribution in [0.4, 0.5) is 0 Å². The Morgan fingerprint density at radius 3 is 2.50 bits per heavy atom. The summed E-state index contributed by atoms with van der Waals surface area (Å²) in [6, 6.07) is 12.3. The van der Waals surface area contributed by atoms with Gasteiger partial charge in [-0.15, -0.1) is 0 Å². The maximum Gasteiger partial charge on any atom is 0.308 e. The maximum atomic E-state index is 13.6. The molecule has 3 aromatic rings. The number of amides is 1. The van der Waals surface area contributed by atoms with Gasteiger partial charge in [0.25, 0.3) is 5.91 Å². The number of para-hydroxylation sites is 1. The molecular formula is C25H23NO8. The summed E-state index contributed by atoms with van der Waals surface area (Å²) in [5.74, 6) is -1.71. The minimum Gasteiger partial charge on any atom is -0.503 e. The average Bonchev–Trinajstić information content (AvgIpc) is 3.37. The lowest BCUT2D eigenvalue weighted by Crippen LogP contribution is -2.34. The van der Waals surface area contributed by atoms with Gasteiger partial charge in [0.15, 0.2) is 22.9 Å². The number of furan rings is 1. The van der Waals surface area contributed by atoms with E-state index in [1.807, 2.05) is 0 Å². The summed E-state index contributed by atoms with van der Waals surface area (Å²) in [7, 11) is 2.98. The van der Waals surface area contributed by atoms with E-state index in [0.717, 1.165) is 0 Å². The topological polar surface area (TPSA) is 116 Å². The molecule has 9 nitrogen and oxygen atoms in total. The fourth-order valence-electron chi connectivity index (χ4n) is 3.98. The zero-order chi connectivity index (χ0) is 24.4. The van der Waals surface area contributed by atoms with Crippen LogP contribution in [-0.4, -0.2) is 55.0 Å². The molecule has 9 heteroatoms. The summed E-state index contributed by atoms with van der Waals surface area (Å²) in [6.07, 6.45) is 0. The number of hydrogen-bond acceptors (Lipinski definition) is 8. The molecule has 2 heterocycles. The fraction of sp³-hybridized carbons (Fsp3) is 0.240. The van der Waals surface area contributed by atoms with Crippen LogP contribution in [0.15, 0.2) is 64.3 Å². The lowest BCUT2D eigenvalue weighted by atomic mass is 9.95. The van der Waals surface area contributed by atoms with Gasteiger partial charge < -0.3 is 28.6 Å². The molecule has 34 heavy (non-hydrogen) atoms. The normalized spacial score (nSPS) is 15.8. The Kier molecular flexibility index (Phi) is 6.38. The van der Waals surface area contributed by atoms with Crippen molar-refractivity contribution in [1.82, 2.24) is 4.90 Å². The van der Waals surface area contributed by atoms with Crippen LogP contribution in [0, 0.1) is 0 Å². The second-order valence-corrected chi connectivity index (χ2v) is 7.64. The van der Waals surface area contributed by atoms with Crippen molar-refractivity contribution in [3.8, 4) is 11.5 Å². The van der Waals surface area contributed by atoms with Gasteiger partial charge in [-0.05, 0) is 29.8 Å². The van der Waals surface area contributed by atoms with Gasteiger partial charge in [-0.25, -0.2) is 0 Å². The molecule has 1 amide bonds. The second kappa shape index (κ2) is 9.40. The van der Waals surface area contributed by atoms with Gasteiger partial charge in [0.2, 0.25) is 5.78 Å². The number of ketones is 1.